The van der Waals surface area contributed by atoms with Crippen LogP contribution in [0.15, 0.2) is 6.20 Å². The standard InChI is InChI=1S/C15H21F3N4O2/c1-2-22-12(15(16,17)18)10(9-19-22)20-13(23)21-11-5-8-24-14(11)6-3-4-7-14/h9,11H,2-8H2,1H3,(H2,20,21,23)/t11-/m0/s1. The maximum atomic E-state index is 13.2. The van der Waals surface area contributed by atoms with E-state index in [2.05, 4.69) is 15.7 Å². The zero-order chi connectivity index (χ0) is 17.4. The normalized spacial score (nSPS) is 22.9. The lowest BCUT2D eigenvalue weighted by Crippen LogP contribution is -2.49. The van der Waals surface area contributed by atoms with Gasteiger partial charge in [0.05, 0.1) is 23.5 Å². The summed E-state index contributed by atoms with van der Waals surface area (Å²) < 4.78 is 46.2. The van der Waals surface area contributed by atoms with Crippen LogP contribution in [0, 0.1) is 0 Å². The first-order valence-electron chi connectivity index (χ1n) is 8.20. The van der Waals surface area contributed by atoms with Crippen molar-refractivity contribution in [1.82, 2.24) is 15.1 Å². The topological polar surface area (TPSA) is 68.2 Å². The molecule has 2 N–H and O–H groups in total. The molecule has 1 saturated heterocycles. The van der Waals surface area contributed by atoms with E-state index in [1.807, 2.05) is 0 Å². The number of anilines is 1. The smallest absolute Gasteiger partial charge is 0.373 e. The van der Waals surface area contributed by atoms with E-state index in [1.54, 1.807) is 6.92 Å². The van der Waals surface area contributed by atoms with Crippen LogP contribution in [0.25, 0.3) is 0 Å². The Balaban J connectivity index is 1.71. The summed E-state index contributed by atoms with van der Waals surface area (Å²) in [5.41, 5.74) is -1.63. The molecule has 0 bridgehead atoms. The number of hydrogen-bond donors (Lipinski definition) is 2. The first kappa shape index (κ1) is 17.1. The quantitative estimate of drug-likeness (QED) is 0.883. The molecule has 2 amide bonds. The second-order valence-corrected chi connectivity index (χ2v) is 6.28. The zero-order valence-corrected chi connectivity index (χ0v) is 13.4. The molecule has 2 heterocycles. The largest absolute Gasteiger partial charge is 0.435 e. The van der Waals surface area contributed by atoms with Gasteiger partial charge < -0.3 is 15.4 Å². The number of halogens is 3. The van der Waals surface area contributed by atoms with Crippen molar-refractivity contribution < 1.29 is 22.7 Å². The molecule has 1 atom stereocenters. The second kappa shape index (κ2) is 6.27. The average Bonchev–Trinajstić information content (AvgIpc) is 3.21. The molecule has 0 radical (unpaired) electrons. The van der Waals surface area contributed by atoms with Gasteiger partial charge >= 0.3 is 12.2 Å². The number of nitrogens with zero attached hydrogens (tertiary/aromatic N) is 2. The van der Waals surface area contributed by atoms with Crippen LogP contribution in [0.2, 0.25) is 0 Å². The molecule has 6 nitrogen and oxygen atoms in total. The van der Waals surface area contributed by atoms with Crippen molar-refractivity contribution in [1.29, 1.82) is 0 Å². The fourth-order valence-electron chi connectivity index (χ4n) is 3.75. The molecule has 3 rings (SSSR count). The molecule has 1 spiro atoms. The van der Waals surface area contributed by atoms with Gasteiger partial charge in [-0.15, -0.1) is 0 Å². The number of rotatable bonds is 3. The number of aryl methyl sites for hydroxylation is 1. The Labute approximate surface area is 137 Å². The highest BCUT2D eigenvalue weighted by Gasteiger charge is 2.47. The predicted octanol–water partition coefficient (Wildman–Crippen LogP) is 3.15. The lowest BCUT2D eigenvalue weighted by Gasteiger charge is -2.30. The van der Waals surface area contributed by atoms with Gasteiger partial charge in [0, 0.05) is 13.2 Å². The van der Waals surface area contributed by atoms with E-state index in [1.165, 1.54) is 0 Å². The van der Waals surface area contributed by atoms with Crippen LogP contribution in [0.4, 0.5) is 23.7 Å². The number of carbonyl (C=O) groups is 1. The van der Waals surface area contributed by atoms with Crippen molar-refractivity contribution in [2.75, 3.05) is 11.9 Å². The number of carbonyl (C=O) groups excluding carboxylic acids is 1. The number of amides is 2. The molecule has 1 aliphatic carbocycles. The van der Waals surface area contributed by atoms with E-state index in [9.17, 15) is 18.0 Å². The van der Waals surface area contributed by atoms with E-state index in [-0.39, 0.29) is 23.9 Å². The molecular weight excluding hydrogens is 325 g/mol. The molecule has 0 unspecified atom stereocenters. The molecule has 134 valence electrons. The van der Waals surface area contributed by atoms with Crippen LogP contribution in [-0.4, -0.2) is 34.1 Å². The van der Waals surface area contributed by atoms with Crippen LogP contribution >= 0.6 is 0 Å². The van der Waals surface area contributed by atoms with Crippen LogP contribution in [0.1, 0.15) is 44.7 Å². The Kier molecular flexibility index (Phi) is 4.46. The van der Waals surface area contributed by atoms with Crippen LogP contribution in [0.5, 0.6) is 0 Å². The molecule has 24 heavy (non-hydrogen) atoms. The molecule has 2 aliphatic rings. The predicted molar refractivity (Wildman–Crippen MR) is 80.6 cm³/mol. The summed E-state index contributed by atoms with van der Waals surface area (Å²) in [6.45, 7) is 2.19. The Morgan fingerprint density at radius 1 is 1.46 bits per heavy atom. The van der Waals surface area contributed by atoms with E-state index >= 15 is 0 Å². The maximum Gasteiger partial charge on any atom is 0.435 e. The van der Waals surface area contributed by atoms with Crippen molar-refractivity contribution in [2.24, 2.45) is 0 Å². The molecule has 1 saturated carbocycles. The van der Waals surface area contributed by atoms with Gasteiger partial charge in [-0.1, -0.05) is 12.8 Å². The first-order valence-corrected chi connectivity index (χ1v) is 8.20. The summed E-state index contributed by atoms with van der Waals surface area (Å²) in [6, 6.07) is -0.825. The van der Waals surface area contributed by atoms with Crippen molar-refractivity contribution in [2.45, 2.75) is 63.4 Å². The van der Waals surface area contributed by atoms with Crippen molar-refractivity contribution in [3.63, 3.8) is 0 Å². The molecule has 9 heteroatoms. The highest BCUT2D eigenvalue weighted by atomic mass is 19.4. The van der Waals surface area contributed by atoms with Crippen LogP contribution in [-0.2, 0) is 17.5 Å². The third kappa shape index (κ3) is 3.09. The number of ether oxygens (including phenoxy) is 1. The Morgan fingerprint density at radius 2 is 2.17 bits per heavy atom. The minimum atomic E-state index is -4.59. The fraction of sp³-hybridized carbons (Fsp3) is 0.733. The SMILES string of the molecule is CCn1ncc(NC(=O)N[C@H]2CCOC23CCCC3)c1C(F)(F)F. The average molecular weight is 346 g/mol. The summed E-state index contributed by atoms with van der Waals surface area (Å²) in [7, 11) is 0. The van der Waals surface area contributed by atoms with Crippen molar-refractivity contribution >= 4 is 11.7 Å². The van der Waals surface area contributed by atoms with E-state index < -0.39 is 17.9 Å². The van der Waals surface area contributed by atoms with Crippen molar-refractivity contribution in [3.8, 4) is 0 Å². The second-order valence-electron chi connectivity index (χ2n) is 6.28. The van der Waals surface area contributed by atoms with Gasteiger partial charge in [-0.3, -0.25) is 4.68 Å². The van der Waals surface area contributed by atoms with Gasteiger partial charge in [0.15, 0.2) is 5.69 Å². The van der Waals surface area contributed by atoms with Crippen molar-refractivity contribution in [3.05, 3.63) is 11.9 Å². The number of urea groups is 1. The monoisotopic (exact) mass is 346 g/mol. The summed E-state index contributed by atoms with van der Waals surface area (Å²) in [5, 5.41) is 8.77. The number of hydrogen-bond acceptors (Lipinski definition) is 3. The molecule has 1 aromatic rings. The molecule has 2 fully saturated rings. The first-order chi connectivity index (χ1) is 11.4. The van der Waals surface area contributed by atoms with E-state index in [4.69, 9.17) is 4.74 Å². The number of aromatic nitrogens is 2. The summed E-state index contributed by atoms with van der Waals surface area (Å²) in [4.78, 5) is 12.2. The van der Waals surface area contributed by atoms with E-state index in [0.717, 1.165) is 36.6 Å². The fourth-order valence-corrected chi connectivity index (χ4v) is 3.75. The minimum Gasteiger partial charge on any atom is -0.373 e. The molecule has 1 aliphatic heterocycles. The van der Waals surface area contributed by atoms with Crippen LogP contribution < -0.4 is 10.6 Å². The molecule has 1 aromatic heterocycles. The Hall–Kier alpha value is -1.77. The summed E-state index contributed by atoms with van der Waals surface area (Å²) >= 11 is 0. The minimum absolute atomic E-state index is 0.0672. The summed E-state index contributed by atoms with van der Waals surface area (Å²) in [6.07, 6.45) is 0.954. The zero-order valence-electron chi connectivity index (χ0n) is 13.4. The van der Waals surface area contributed by atoms with Gasteiger partial charge in [0.25, 0.3) is 0 Å². The summed E-state index contributed by atoms with van der Waals surface area (Å²) in [5.74, 6) is 0. The van der Waals surface area contributed by atoms with Gasteiger partial charge in [-0.2, -0.15) is 18.3 Å². The molecule has 0 aromatic carbocycles. The molecular formula is C15H21F3N4O2. The Morgan fingerprint density at radius 3 is 2.79 bits per heavy atom. The third-order valence-electron chi connectivity index (χ3n) is 4.84. The van der Waals surface area contributed by atoms with Gasteiger partial charge in [0.1, 0.15) is 0 Å². The maximum absolute atomic E-state index is 13.2. The third-order valence-corrected chi connectivity index (χ3v) is 4.84. The highest BCUT2D eigenvalue weighted by Crippen LogP contribution is 2.41. The van der Waals surface area contributed by atoms with Gasteiger partial charge in [0.2, 0.25) is 0 Å². The van der Waals surface area contributed by atoms with Gasteiger partial charge in [-0.05, 0) is 26.2 Å². The Bertz CT molecular complexity index is 603. The van der Waals surface area contributed by atoms with Crippen LogP contribution in [0.3, 0.4) is 0 Å². The lowest BCUT2D eigenvalue weighted by molar-refractivity contribution is -0.143. The van der Waals surface area contributed by atoms with E-state index in [0.29, 0.717) is 13.0 Å². The van der Waals surface area contributed by atoms with Gasteiger partial charge in [-0.25, -0.2) is 4.79 Å². The number of nitrogens with one attached hydrogen (secondary N) is 2. The lowest BCUT2D eigenvalue weighted by atomic mass is 9.93. The highest BCUT2D eigenvalue weighted by molar-refractivity contribution is 5.90. The number of alkyl halides is 3.